The second-order valence-electron chi connectivity index (χ2n) is 4.48. The summed E-state index contributed by atoms with van der Waals surface area (Å²) in [5, 5.41) is 10.6. The molecule has 0 fully saturated rings. The van der Waals surface area contributed by atoms with E-state index in [2.05, 4.69) is 0 Å². The van der Waals surface area contributed by atoms with Crippen molar-refractivity contribution in [1.82, 2.24) is 0 Å². The smallest absolute Gasteiger partial charge is 0.273 e. The third-order valence-electron chi connectivity index (χ3n) is 1.98. The zero-order valence-electron chi connectivity index (χ0n) is 9.69. The lowest BCUT2D eigenvalue weighted by atomic mass is 10.1. The lowest BCUT2D eigenvalue weighted by Gasteiger charge is -2.19. The largest absolute Gasteiger partial charge is 0.491 e. The maximum atomic E-state index is 10.6. The number of aryl methyl sites for hydroxylation is 1. The first-order valence-corrected chi connectivity index (χ1v) is 4.96. The van der Waals surface area contributed by atoms with Crippen LogP contribution in [0.4, 0.5) is 5.69 Å². The van der Waals surface area contributed by atoms with Crippen LogP contribution in [0, 0.1) is 17.0 Å². The highest BCUT2D eigenvalue weighted by Crippen LogP contribution is 2.24. The SMILES string of the molecule is Cc1ccc([N+](=O)[O-])cc1OCC(C)(C)N. The zero-order chi connectivity index (χ0) is 12.3. The van der Waals surface area contributed by atoms with Crippen LogP contribution in [-0.2, 0) is 0 Å². The number of ether oxygens (including phenoxy) is 1. The Kier molecular flexibility index (Phi) is 3.49. The van der Waals surface area contributed by atoms with Gasteiger partial charge in [0.1, 0.15) is 12.4 Å². The van der Waals surface area contributed by atoms with Gasteiger partial charge in [0, 0.05) is 11.6 Å². The van der Waals surface area contributed by atoms with Crippen LogP contribution in [0.15, 0.2) is 18.2 Å². The normalized spacial score (nSPS) is 11.2. The molecule has 5 heteroatoms. The molecule has 16 heavy (non-hydrogen) atoms. The van der Waals surface area contributed by atoms with Gasteiger partial charge in [-0.05, 0) is 32.4 Å². The molecule has 0 aromatic heterocycles. The van der Waals surface area contributed by atoms with Gasteiger partial charge in [-0.3, -0.25) is 10.1 Å². The Morgan fingerprint density at radius 2 is 2.12 bits per heavy atom. The first-order chi connectivity index (χ1) is 7.29. The van der Waals surface area contributed by atoms with Crippen LogP contribution in [-0.4, -0.2) is 17.1 Å². The van der Waals surface area contributed by atoms with Gasteiger partial charge in [0.25, 0.3) is 5.69 Å². The molecule has 0 radical (unpaired) electrons. The molecule has 0 aliphatic heterocycles. The van der Waals surface area contributed by atoms with E-state index in [1.54, 1.807) is 6.07 Å². The van der Waals surface area contributed by atoms with E-state index in [0.717, 1.165) is 5.56 Å². The van der Waals surface area contributed by atoms with Crippen LogP contribution < -0.4 is 10.5 Å². The molecule has 1 aromatic rings. The molecular weight excluding hydrogens is 208 g/mol. The van der Waals surface area contributed by atoms with E-state index in [9.17, 15) is 10.1 Å². The van der Waals surface area contributed by atoms with Crippen molar-refractivity contribution < 1.29 is 9.66 Å². The molecule has 0 saturated carbocycles. The minimum Gasteiger partial charge on any atom is -0.491 e. The van der Waals surface area contributed by atoms with E-state index < -0.39 is 10.5 Å². The second kappa shape index (κ2) is 4.49. The molecule has 0 heterocycles. The van der Waals surface area contributed by atoms with E-state index >= 15 is 0 Å². The molecule has 5 nitrogen and oxygen atoms in total. The van der Waals surface area contributed by atoms with Crippen molar-refractivity contribution in [2.45, 2.75) is 26.3 Å². The van der Waals surface area contributed by atoms with Crippen molar-refractivity contribution in [2.24, 2.45) is 5.73 Å². The third-order valence-corrected chi connectivity index (χ3v) is 1.98. The number of rotatable bonds is 4. The average molecular weight is 224 g/mol. The highest BCUT2D eigenvalue weighted by molar-refractivity contribution is 5.43. The van der Waals surface area contributed by atoms with Gasteiger partial charge in [-0.15, -0.1) is 0 Å². The number of nitrogens with zero attached hydrogens (tertiary/aromatic N) is 1. The number of nitro groups is 1. The monoisotopic (exact) mass is 224 g/mol. The number of hydrogen-bond donors (Lipinski definition) is 1. The second-order valence-corrected chi connectivity index (χ2v) is 4.48. The summed E-state index contributed by atoms with van der Waals surface area (Å²) in [6, 6.07) is 4.54. The van der Waals surface area contributed by atoms with E-state index in [1.807, 2.05) is 20.8 Å². The molecule has 0 saturated heterocycles. The predicted octanol–water partition coefficient (Wildman–Crippen LogP) is 2.02. The molecule has 0 aliphatic rings. The summed E-state index contributed by atoms with van der Waals surface area (Å²) in [7, 11) is 0. The first kappa shape index (κ1) is 12.4. The Morgan fingerprint density at radius 3 is 2.62 bits per heavy atom. The molecule has 0 aliphatic carbocycles. The quantitative estimate of drug-likeness (QED) is 0.626. The minimum atomic E-state index is -0.461. The molecule has 88 valence electrons. The third kappa shape index (κ3) is 3.51. The number of non-ortho nitro benzene ring substituents is 1. The molecule has 0 atom stereocenters. The van der Waals surface area contributed by atoms with E-state index in [1.165, 1.54) is 12.1 Å². The summed E-state index contributed by atoms with van der Waals surface area (Å²) < 4.78 is 5.46. The van der Waals surface area contributed by atoms with Crippen LogP contribution in [0.5, 0.6) is 5.75 Å². The summed E-state index contributed by atoms with van der Waals surface area (Å²) in [4.78, 5) is 10.1. The van der Waals surface area contributed by atoms with Crippen molar-refractivity contribution in [2.75, 3.05) is 6.61 Å². The maximum absolute atomic E-state index is 10.6. The lowest BCUT2D eigenvalue weighted by Crippen LogP contribution is -2.38. The Hall–Kier alpha value is -1.62. The van der Waals surface area contributed by atoms with Gasteiger partial charge in [-0.25, -0.2) is 0 Å². The fourth-order valence-corrected chi connectivity index (χ4v) is 1.12. The van der Waals surface area contributed by atoms with E-state index in [4.69, 9.17) is 10.5 Å². The van der Waals surface area contributed by atoms with Crippen LogP contribution in [0.25, 0.3) is 0 Å². The van der Waals surface area contributed by atoms with Crippen LogP contribution in [0.2, 0.25) is 0 Å². The predicted molar refractivity (Wildman–Crippen MR) is 61.6 cm³/mol. The zero-order valence-corrected chi connectivity index (χ0v) is 9.69. The van der Waals surface area contributed by atoms with Crippen LogP contribution >= 0.6 is 0 Å². The van der Waals surface area contributed by atoms with Crippen molar-refractivity contribution in [3.63, 3.8) is 0 Å². The summed E-state index contributed by atoms with van der Waals surface area (Å²) in [6.07, 6.45) is 0. The Morgan fingerprint density at radius 1 is 1.50 bits per heavy atom. The average Bonchev–Trinajstić information content (AvgIpc) is 2.14. The van der Waals surface area contributed by atoms with Gasteiger partial charge in [0.05, 0.1) is 11.0 Å². The maximum Gasteiger partial charge on any atom is 0.273 e. The molecule has 1 rings (SSSR count). The molecule has 0 bridgehead atoms. The summed E-state index contributed by atoms with van der Waals surface area (Å²) in [5.74, 6) is 0.507. The summed E-state index contributed by atoms with van der Waals surface area (Å²) in [6.45, 7) is 5.82. The van der Waals surface area contributed by atoms with Crippen molar-refractivity contribution in [1.29, 1.82) is 0 Å². The highest BCUT2D eigenvalue weighted by Gasteiger charge is 2.14. The van der Waals surface area contributed by atoms with Gasteiger partial charge in [0.2, 0.25) is 0 Å². The highest BCUT2D eigenvalue weighted by atomic mass is 16.6. The Bertz CT molecular complexity index is 397. The van der Waals surface area contributed by atoms with Crippen molar-refractivity contribution in [3.05, 3.63) is 33.9 Å². The topological polar surface area (TPSA) is 78.4 Å². The molecule has 1 aromatic carbocycles. The van der Waals surface area contributed by atoms with Gasteiger partial charge < -0.3 is 10.5 Å². The van der Waals surface area contributed by atoms with E-state index in [0.29, 0.717) is 12.4 Å². The molecule has 0 spiro atoms. The number of benzene rings is 1. The molecular formula is C11H16N2O3. The standard InChI is InChI=1S/C11H16N2O3/c1-8-4-5-9(13(14)15)6-10(8)16-7-11(2,3)12/h4-6H,7,12H2,1-3H3. The Balaban J connectivity index is 2.86. The minimum absolute atomic E-state index is 0.0235. The summed E-state index contributed by atoms with van der Waals surface area (Å²) in [5.41, 5.74) is 6.19. The fourth-order valence-electron chi connectivity index (χ4n) is 1.12. The first-order valence-electron chi connectivity index (χ1n) is 4.96. The van der Waals surface area contributed by atoms with Gasteiger partial charge in [0.15, 0.2) is 0 Å². The van der Waals surface area contributed by atoms with Crippen LogP contribution in [0.3, 0.4) is 0 Å². The van der Waals surface area contributed by atoms with Gasteiger partial charge >= 0.3 is 0 Å². The van der Waals surface area contributed by atoms with Crippen molar-refractivity contribution in [3.8, 4) is 5.75 Å². The van der Waals surface area contributed by atoms with Gasteiger partial charge in [-0.1, -0.05) is 0 Å². The number of hydrogen-bond acceptors (Lipinski definition) is 4. The van der Waals surface area contributed by atoms with Crippen LogP contribution in [0.1, 0.15) is 19.4 Å². The molecule has 0 unspecified atom stereocenters. The lowest BCUT2D eigenvalue weighted by molar-refractivity contribution is -0.385. The van der Waals surface area contributed by atoms with E-state index in [-0.39, 0.29) is 5.69 Å². The molecule has 2 N–H and O–H groups in total. The Labute approximate surface area is 94.4 Å². The fraction of sp³-hybridized carbons (Fsp3) is 0.455. The number of nitrogens with two attached hydrogens (primary N) is 1. The summed E-state index contributed by atoms with van der Waals surface area (Å²) >= 11 is 0. The number of nitro benzene ring substituents is 1. The van der Waals surface area contributed by atoms with Crippen molar-refractivity contribution >= 4 is 5.69 Å². The molecule has 0 amide bonds. The van der Waals surface area contributed by atoms with Gasteiger partial charge in [-0.2, -0.15) is 0 Å².